The Labute approximate surface area is 127 Å². The summed E-state index contributed by atoms with van der Waals surface area (Å²) in [4.78, 5) is 25.2. The van der Waals surface area contributed by atoms with Crippen LogP contribution in [0.1, 0.15) is 25.3 Å². The molecule has 2 amide bonds. The molecule has 1 atom stereocenters. The first-order valence-corrected chi connectivity index (χ1v) is 7.63. The summed E-state index contributed by atoms with van der Waals surface area (Å²) >= 11 is 3.38. The lowest BCUT2D eigenvalue weighted by Gasteiger charge is -2.33. The zero-order valence-corrected chi connectivity index (χ0v) is 13.1. The van der Waals surface area contributed by atoms with Crippen molar-refractivity contribution in [2.75, 3.05) is 13.1 Å². The number of nitrogens with one attached hydrogen (secondary N) is 1. The maximum absolute atomic E-state index is 12.3. The van der Waals surface area contributed by atoms with E-state index in [4.69, 9.17) is 0 Å². The molecule has 1 unspecified atom stereocenters. The smallest absolute Gasteiger partial charge is 0.227 e. The van der Waals surface area contributed by atoms with Crippen LogP contribution < -0.4 is 5.32 Å². The molecule has 108 valence electrons. The number of benzene rings is 1. The Morgan fingerprint density at radius 1 is 1.35 bits per heavy atom. The molecule has 1 saturated heterocycles. The number of carbonyl (C=O) groups excluding carboxylic acids is 2. The van der Waals surface area contributed by atoms with E-state index in [0.717, 1.165) is 29.4 Å². The predicted molar refractivity (Wildman–Crippen MR) is 81.3 cm³/mol. The molecule has 1 aliphatic heterocycles. The van der Waals surface area contributed by atoms with Crippen LogP contribution in [0.3, 0.4) is 0 Å². The summed E-state index contributed by atoms with van der Waals surface area (Å²) in [5, 5.41) is 2.90. The SMILES string of the molecule is CC(=O)NC1CCCN(C(=O)Cc2ccc(Br)cc2)C1. The molecule has 4 nitrogen and oxygen atoms in total. The summed E-state index contributed by atoms with van der Waals surface area (Å²) in [6.07, 6.45) is 2.30. The number of amides is 2. The van der Waals surface area contributed by atoms with Crippen LogP contribution in [-0.4, -0.2) is 35.8 Å². The van der Waals surface area contributed by atoms with Gasteiger partial charge >= 0.3 is 0 Å². The highest BCUT2D eigenvalue weighted by Gasteiger charge is 2.23. The summed E-state index contributed by atoms with van der Waals surface area (Å²) in [5.41, 5.74) is 1.01. The first-order valence-electron chi connectivity index (χ1n) is 6.84. The highest BCUT2D eigenvalue weighted by molar-refractivity contribution is 9.10. The number of halogens is 1. The molecule has 0 aromatic heterocycles. The highest BCUT2D eigenvalue weighted by atomic mass is 79.9. The minimum absolute atomic E-state index is 0.0304. The Kier molecular flexibility index (Phi) is 5.17. The molecule has 1 aromatic rings. The van der Waals surface area contributed by atoms with Gasteiger partial charge in [0.1, 0.15) is 0 Å². The lowest BCUT2D eigenvalue weighted by molar-refractivity contribution is -0.132. The quantitative estimate of drug-likeness (QED) is 0.917. The Balaban J connectivity index is 1.91. The summed E-state index contributed by atoms with van der Waals surface area (Å²) < 4.78 is 1.01. The topological polar surface area (TPSA) is 49.4 Å². The maximum Gasteiger partial charge on any atom is 0.227 e. The second kappa shape index (κ2) is 6.88. The molecule has 5 heteroatoms. The average molecular weight is 339 g/mol. The molecule has 1 heterocycles. The highest BCUT2D eigenvalue weighted by Crippen LogP contribution is 2.14. The molecule has 1 aliphatic rings. The van der Waals surface area contributed by atoms with Gasteiger partial charge in [0.2, 0.25) is 11.8 Å². The van der Waals surface area contributed by atoms with Gasteiger partial charge in [0.25, 0.3) is 0 Å². The van der Waals surface area contributed by atoms with Crippen molar-refractivity contribution in [3.05, 3.63) is 34.3 Å². The van der Waals surface area contributed by atoms with Gasteiger partial charge in [0.05, 0.1) is 6.42 Å². The van der Waals surface area contributed by atoms with Crippen LogP contribution in [0.2, 0.25) is 0 Å². The third-order valence-electron chi connectivity index (χ3n) is 3.45. The molecule has 0 aliphatic carbocycles. The Bertz CT molecular complexity index is 487. The Morgan fingerprint density at radius 2 is 2.05 bits per heavy atom. The van der Waals surface area contributed by atoms with Crippen molar-refractivity contribution in [3.63, 3.8) is 0 Å². The van der Waals surface area contributed by atoms with E-state index in [9.17, 15) is 9.59 Å². The van der Waals surface area contributed by atoms with Crippen molar-refractivity contribution in [1.29, 1.82) is 0 Å². The van der Waals surface area contributed by atoms with Crippen molar-refractivity contribution in [2.45, 2.75) is 32.2 Å². The fourth-order valence-electron chi connectivity index (χ4n) is 2.50. The summed E-state index contributed by atoms with van der Waals surface area (Å²) in [6.45, 7) is 2.92. The van der Waals surface area contributed by atoms with Crippen LogP contribution >= 0.6 is 15.9 Å². The number of piperidine rings is 1. The van der Waals surface area contributed by atoms with Gasteiger partial charge in [-0.15, -0.1) is 0 Å². The van der Waals surface area contributed by atoms with Gasteiger partial charge in [-0.25, -0.2) is 0 Å². The van der Waals surface area contributed by atoms with Crippen molar-refractivity contribution < 1.29 is 9.59 Å². The molecule has 0 spiro atoms. The lowest BCUT2D eigenvalue weighted by atomic mass is 10.0. The molecule has 2 rings (SSSR count). The van der Waals surface area contributed by atoms with E-state index < -0.39 is 0 Å². The van der Waals surface area contributed by atoms with Crippen molar-refractivity contribution in [3.8, 4) is 0 Å². The fourth-order valence-corrected chi connectivity index (χ4v) is 2.76. The van der Waals surface area contributed by atoms with Gasteiger partial charge < -0.3 is 10.2 Å². The van der Waals surface area contributed by atoms with Gasteiger partial charge in [-0.1, -0.05) is 28.1 Å². The largest absolute Gasteiger partial charge is 0.352 e. The second-order valence-electron chi connectivity index (χ2n) is 5.18. The van der Waals surface area contributed by atoms with E-state index in [1.54, 1.807) is 0 Å². The molecule has 0 saturated carbocycles. The average Bonchev–Trinajstić information content (AvgIpc) is 2.41. The second-order valence-corrected chi connectivity index (χ2v) is 6.10. The van der Waals surface area contributed by atoms with E-state index in [2.05, 4.69) is 21.2 Å². The molecule has 1 N–H and O–H groups in total. The monoisotopic (exact) mass is 338 g/mol. The minimum atomic E-state index is -0.0304. The third kappa shape index (κ3) is 4.34. The molecule has 1 aromatic carbocycles. The maximum atomic E-state index is 12.3. The molecular weight excluding hydrogens is 320 g/mol. The number of rotatable bonds is 3. The molecule has 1 fully saturated rings. The predicted octanol–water partition coefficient (Wildman–Crippen LogP) is 2.12. The number of hydrogen-bond donors (Lipinski definition) is 1. The van der Waals surface area contributed by atoms with Crippen LogP contribution in [-0.2, 0) is 16.0 Å². The van der Waals surface area contributed by atoms with Crippen LogP contribution in [0.15, 0.2) is 28.7 Å². The standard InChI is InChI=1S/C15H19BrN2O2/c1-11(19)17-14-3-2-8-18(10-14)15(20)9-12-4-6-13(16)7-5-12/h4-7,14H,2-3,8-10H2,1H3,(H,17,19). The first-order chi connectivity index (χ1) is 9.54. The summed E-state index contributed by atoms with van der Waals surface area (Å²) in [6, 6.07) is 7.89. The van der Waals surface area contributed by atoms with E-state index in [0.29, 0.717) is 13.0 Å². The van der Waals surface area contributed by atoms with Gasteiger partial charge in [0.15, 0.2) is 0 Å². The third-order valence-corrected chi connectivity index (χ3v) is 3.98. The van der Waals surface area contributed by atoms with Gasteiger partial charge in [-0.3, -0.25) is 9.59 Å². The minimum Gasteiger partial charge on any atom is -0.352 e. The Morgan fingerprint density at radius 3 is 2.70 bits per heavy atom. The van der Waals surface area contributed by atoms with E-state index >= 15 is 0 Å². The van der Waals surface area contributed by atoms with Crippen LogP contribution in [0.4, 0.5) is 0 Å². The number of hydrogen-bond acceptors (Lipinski definition) is 2. The fraction of sp³-hybridized carbons (Fsp3) is 0.467. The zero-order valence-electron chi connectivity index (χ0n) is 11.6. The molecule has 0 radical (unpaired) electrons. The van der Waals surface area contributed by atoms with E-state index in [1.165, 1.54) is 6.92 Å². The molecule has 0 bridgehead atoms. The molecule has 20 heavy (non-hydrogen) atoms. The van der Waals surface area contributed by atoms with Crippen LogP contribution in [0.25, 0.3) is 0 Å². The normalized spacial score (nSPS) is 18.7. The van der Waals surface area contributed by atoms with Gasteiger partial charge in [-0.2, -0.15) is 0 Å². The zero-order chi connectivity index (χ0) is 14.5. The summed E-state index contributed by atoms with van der Waals surface area (Å²) in [5.74, 6) is 0.0968. The van der Waals surface area contributed by atoms with Crippen LogP contribution in [0, 0.1) is 0 Å². The van der Waals surface area contributed by atoms with Crippen molar-refractivity contribution in [2.24, 2.45) is 0 Å². The van der Waals surface area contributed by atoms with Crippen LogP contribution in [0.5, 0.6) is 0 Å². The van der Waals surface area contributed by atoms with Crippen molar-refractivity contribution >= 4 is 27.7 Å². The van der Waals surface area contributed by atoms with Gasteiger partial charge in [0, 0.05) is 30.5 Å². The Hall–Kier alpha value is -1.36. The molecular formula is C15H19BrN2O2. The van der Waals surface area contributed by atoms with E-state index in [-0.39, 0.29) is 17.9 Å². The number of likely N-dealkylation sites (tertiary alicyclic amines) is 1. The van der Waals surface area contributed by atoms with Gasteiger partial charge in [-0.05, 0) is 30.5 Å². The van der Waals surface area contributed by atoms with E-state index in [1.807, 2.05) is 29.2 Å². The lowest BCUT2D eigenvalue weighted by Crippen LogP contribution is -2.49. The number of nitrogens with zero attached hydrogens (tertiary/aromatic N) is 1. The first kappa shape index (κ1) is 15.0. The summed E-state index contributed by atoms with van der Waals surface area (Å²) in [7, 11) is 0. The van der Waals surface area contributed by atoms with Crippen molar-refractivity contribution in [1.82, 2.24) is 10.2 Å². The number of carbonyl (C=O) groups is 2.